The lowest BCUT2D eigenvalue weighted by Gasteiger charge is -2.40. The van der Waals surface area contributed by atoms with Crippen LogP contribution in [0.4, 0.5) is 10.5 Å². The van der Waals surface area contributed by atoms with Crippen LogP contribution in [0.15, 0.2) is 48.5 Å². The number of rotatable bonds is 6. The van der Waals surface area contributed by atoms with E-state index in [0.717, 1.165) is 29.8 Å². The van der Waals surface area contributed by atoms with Crippen molar-refractivity contribution < 1.29 is 14.0 Å². The zero-order valence-corrected chi connectivity index (χ0v) is 24.8. The topological polar surface area (TPSA) is 65.8 Å². The SMILES string of the molecule is CC(C)(C)OC(=O)N1CCC(N(Cc2cccc(C#N)c2)c2ccc(O[Si](C)(C)C(C)(C)C)cc2)CC1. The third-order valence-corrected chi connectivity index (χ3v) is 11.7. The lowest BCUT2D eigenvalue weighted by Crippen LogP contribution is -2.48. The van der Waals surface area contributed by atoms with Gasteiger partial charge in [-0.25, -0.2) is 4.79 Å². The van der Waals surface area contributed by atoms with E-state index in [2.05, 4.69) is 75.2 Å². The molecule has 0 radical (unpaired) electrons. The Morgan fingerprint density at radius 1 is 1.05 bits per heavy atom. The lowest BCUT2D eigenvalue weighted by atomic mass is 10.0. The van der Waals surface area contributed by atoms with E-state index in [1.807, 2.05) is 43.9 Å². The van der Waals surface area contributed by atoms with Gasteiger partial charge in [0, 0.05) is 31.4 Å². The maximum atomic E-state index is 12.6. The molecule has 0 atom stereocenters. The third-order valence-electron chi connectivity index (χ3n) is 7.31. The van der Waals surface area contributed by atoms with Crippen LogP contribution in [0.5, 0.6) is 5.75 Å². The summed E-state index contributed by atoms with van der Waals surface area (Å²) in [6.07, 6.45) is 1.45. The molecule has 0 aromatic heterocycles. The molecule has 6 nitrogen and oxygen atoms in total. The van der Waals surface area contributed by atoms with Crippen molar-refractivity contribution in [3.05, 3.63) is 59.7 Å². The molecule has 3 rings (SSSR count). The summed E-state index contributed by atoms with van der Waals surface area (Å²) in [6.45, 7) is 18.9. The largest absolute Gasteiger partial charge is 0.544 e. The molecule has 200 valence electrons. The Morgan fingerprint density at radius 3 is 2.22 bits per heavy atom. The van der Waals surface area contributed by atoms with Crippen molar-refractivity contribution in [3.8, 4) is 11.8 Å². The number of nitrogens with zero attached hydrogens (tertiary/aromatic N) is 3. The summed E-state index contributed by atoms with van der Waals surface area (Å²) < 4.78 is 12.1. The van der Waals surface area contributed by atoms with E-state index in [1.54, 1.807) is 0 Å². The van der Waals surface area contributed by atoms with Crippen LogP contribution in [0, 0.1) is 11.3 Å². The van der Waals surface area contributed by atoms with E-state index in [1.165, 1.54) is 0 Å². The zero-order valence-electron chi connectivity index (χ0n) is 23.8. The predicted octanol–water partition coefficient (Wildman–Crippen LogP) is 7.35. The van der Waals surface area contributed by atoms with Gasteiger partial charge in [0.2, 0.25) is 8.32 Å². The molecule has 0 aliphatic carbocycles. The molecule has 1 aliphatic rings. The number of piperidine rings is 1. The number of likely N-dealkylation sites (tertiary alicyclic amines) is 1. The van der Waals surface area contributed by atoms with Crippen molar-refractivity contribution in [2.24, 2.45) is 0 Å². The second-order valence-electron chi connectivity index (χ2n) is 12.5. The number of anilines is 1. The van der Waals surface area contributed by atoms with Crippen LogP contribution in [0.3, 0.4) is 0 Å². The number of hydrogen-bond acceptors (Lipinski definition) is 5. The molecule has 0 unspecified atom stereocenters. The Hall–Kier alpha value is -2.98. The molecule has 2 aromatic carbocycles. The van der Waals surface area contributed by atoms with Gasteiger partial charge in [0.05, 0.1) is 11.6 Å². The van der Waals surface area contributed by atoms with E-state index in [0.29, 0.717) is 25.2 Å². The Morgan fingerprint density at radius 2 is 1.68 bits per heavy atom. The highest BCUT2D eigenvalue weighted by molar-refractivity contribution is 6.74. The molecular formula is C30H43N3O3Si. The van der Waals surface area contributed by atoms with Gasteiger partial charge in [-0.05, 0) is 93.7 Å². The number of hydrogen-bond donors (Lipinski definition) is 0. The average molecular weight is 522 g/mol. The van der Waals surface area contributed by atoms with Crippen molar-refractivity contribution in [3.63, 3.8) is 0 Å². The minimum Gasteiger partial charge on any atom is -0.544 e. The van der Waals surface area contributed by atoms with Gasteiger partial charge < -0.3 is 19.0 Å². The fourth-order valence-electron chi connectivity index (χ4n) is 4.21. The third kappa shape index (κ3) is 7.75. The monoisotopic (exact) mass is 521 g/mol. The molecule has 1 heterocycles. The molecule has 0 bridgehead atoms. The van der Waals surface area contributed by atoms with Gasteiger partial charge in [0.1, 0.15) is 11.4 Å². The molecule has 1 aliphatic heterocycles. The van der Waals surface area contributed by atoms with Gasteiger partial charge >= 0.3 is 6.09 Å². The highest BCUT2D eigenvalue weighted by Gasteiger charge is 2.39. The second kappa shape index (κ2) is 11.2. The quantitative estimate of drug-likeness (QED) is 0.372. The van der Waals surface area contributed by atoms with Gasteiger partial charge in [-0.3, -0.25) is 0 Å². The molecule has 7 heteroatoms. The molecule has 1 fully saturated rings. The summed E-state index contributed by atoms with van der Waals surface area (Å²) >= 11 is 0. The summed E-state index contributed by atoms with van der Waals surface area (Å²) in [5.74, 6) is 0.904. The predicted molar refractivity (Wildman–Crippen MR) is 152 cm³/mol. The van der Waals surface area contributed by atoms with Crippen molar-refractivity contribution in [2.45, 2.75) is 90.7 Å². The van der Waals surface area contributed by atoms with Crippen LogP contribution in [0.1, 0.15) is 65.5 Å². The number of carbonyl (C=O) groups excluding carboxylic acids is 1. The molecule has 0 N–H and O–H groups in total. The molecule has 1 amide bonds. The van der Waals surface area contributed by atoms with Crippen molar-refractivity contribution in [1.82, 2.24) is 4.90 Å². The van der Waals surface area contributed by atoms with Crippen LogP contribution < -0.4 is 9.33 Å². The van der Waals surface area contributed by atoms with Crippen LogP contribution in [0.2, 0.25) is 18.1 Å². The van der Waals surface area contributed by atoms with E-state index >= 15 is 0 Å². The van der Waals surface area contributed by atoms with Crippen LogP contribution in [0.25, 0.3) is 0 Å². The first-order valence-corrected chi connectivity index (χ1v) is 16.1. The van der Waals surface area contributed by atoms with E-state index in [-0.39, 0.29) is 17.2 Å². The molecular weight excluding hydrogens is 478 g/mol. The summed E-state index contributed by atoms with van der Waals surface area (Å²) in [4.78, 5) is 16.8. The highest BCUT2D eigenvalue weighted by atomic mass is 28.4. The zero-order chi connectivity index (χ0) is 27.4. The van der Waals surface area contributed by atoms with Crippen LogP contribution in [-0.4, -0.2) is 44.0 Å². The smallest absolute Gasteiger partial charge is 0.410 e. The fourth-order valence-corrected chi connectivity index (χ4v) is 5.24. The molecule has 37 heavy (non-hydrogen) atoms. The van der Waals surface area contributed by atoms with Crippen LogP contribution >= 0.6 is 0 Å². The Bertz CT molecular complexity index is 1100. The van der Waals surface area contributed by atoms with Crippen molar-refractivity contribution in [2.75, 3.05) is 18.0 Å². The van der Waals surface area contributed by atoms with Crippen molar-refractivity contribution >= 4 is 20.1 Å². The van der Waals surface area contributed by atoms with E-state index < -0.39 is 13.9 Å². The van der Waals surface area contributed by atoms with Gasteiger partial charge in [-0.1, -0.05) is 32.9 Å². The number of benzene rings is 2. The normalized spacial score (nSPS) is 15.2. The number of ether oxygens (including phenoxy) is 1. The Labute approximate surface area is 224 Å². The number of carbonyl (C=O) groups is 1. The fraction of sp³-hybridized carbons (Fsp3) is 0.533. The molecule has 2 aromatic rings. The average Bonchev–Trinajstić information content (AvgIpc) is 2.81. The number of nitriles is 1. The highest BCUT2D eigenvalue weighted by Crippen LogP contribution is 2.38. The summed E-state index contributed by atoms with van der Waals surface area (Å²) in [6, 6.07) is 18.7. The molecule has 0 saturated carbocycles. The Balaban J connectivity index is 1.81. The number of amides is 1. The lowest BCUT2D eigenvalue weighted by molar-refractivity contribution is 0.0204. The summed E-state index contributed by atoms with van der Waals surface area (Å²) in [5, 5.41) is 9.51. The van der Waals surface area contributed by atoms with Gasteiger partial charge in [-0.15, -0.1) is 0 Å². The first-order chi connectivity index (χ1) is 17.2. The standard InChI is InChI=1S/C30H43N3O3Si/c1-29(2,3)35-28(34)32-18-16-26(17-19-32)33(22-24-11-9-10-23(20-24)21-31)25-12-14-27(15-13-25)36-37(7,8)30(4,5)6/h9-15,20,26H,16-19,22H2,1-8H3. The first kappa shape index (κ1) is 28.6. The van der Waals surface area contributed by atoms with E-state index in [9.17, 15) is 10.1 Å². The first-order valence-electron chi connectivity index (χ1n) is 13.2. The van der Waals surface area contributed by atoms with Gasteiger partial charge in [0.25, 0.3) is 0 Å². The second-order valence-corrected chi connectivity index (χ2v) is 17.2. The minimum absolute atomic E-state index is 0.131. The van der Waals surface area contributed by atoms with E-state index in [4.69, 9.17) is 9.16 Å². The Kier molecular flexibility index (Phi) is 8.64. The van der Waals surface area contributed by atoms with Crippen LogP contribution in [-0.2, 0) is 11.3 Å². The molecule has 0 spiro atoms. The van der Waals surface area contributed by atoms with Gasteiger partial charge in [-0.2, -0.15) is 5.26 Å². The van der Waals surface area contributed by atoms with Gasteiger partial charge in [0.15, 0.2) is 0 Å². The minimum atomic E-state index is -1.92. The summed E-state index contributed by atoms with van der Waals surface area (Å²) in [5.41, 5.74) is 2.37. The maximum absolute atomic E-state index is 12.6. The summed E-state index contributed by atoms with van der Waals surface area (Å²) in [7, 11) is -1.92. The maximum Gasteiger partial charge on any atom is 0.410 e. The van der Waals surface area contributed by atoms with Crippen molar-refractivity contribution in [1.29, 1.82) is 5.26 Å². The molecule has 1 saturated heterocycles.